The van der Waals surface area contributed by atoms with Gasteiger partial charge in [0.05, 0.1) is 20.3 Å². The van der Waals surface area contributed by atoms with E-state index in [9.17, 15) is 4.79 Å². The Morgan fingerprint density at radius 2 is 1.94 bits per heavy atom. The molecule has 0 saturated carbocycles. The van der Waals surface area contributed by atoms with Crippen molar-refractivity contribution in [2.24, 2.45) is 0 Å². The van der Waals surface area contributed by atoms with Crippen LogP contribution in [0, 0.1) is 0 Å². The van der Waals surface area contributed by atoms with Crippen molar-refractivity contribution >= 4 is 21.9 Å². The lowest BCUT2D eigenvalue weighted by Gasteiger charge is -2.32. The number of hydrogen-bond acceptors (Lipinski definition) is 4. The third-order valence-corrected chi connectivity index (χ3v) is 3.55. The van der Waals surface area contributed by atoms with Gasteiger partial charge in [-0.1, -0.05) is 28.1 Å². The minimum atomic E-state index is -0.341. The van der Waals surface area contributed by atoms with Gasteiger partial charge in [0.25, 0.3) is 0 Å². The van der Waals surface area contributed by atoms with Gasteiger partial charge in [0.15, 0.2) is 0 Å². The lowest BCUT2D eigenvalue weighted by molar-refractivity contribution is -0.149. The second-order valence-electron chi connectivity index (χ2n) is 4.13. The number of carbonyl (C=O) groups is 1. The molecule has 0 bridgehead atoms. The number of nitrogens with zero attached hydrogens (tertiary/aromatic N) is 1. The van der Waals surface area contributed by atoms with Crippen LogP contribution in [0.2, 0.25) is 0 Å². The quantitative estimate of drug-likeness (QED) is 0.800. The van der Waals surface area contributed by atoms with Gasteiger partial charge < -0.3 is 9.47 Å². The zero-order chi connectivity index (χ0) is 13.0. The minimum absolute atomic E-state index is 0.223. The highest BCUT2D eigenvalue weighted by molar-refractivity contribution is 9.10. The lowest BCUT2D eigenvalue weighted by Crippen LogP contribution is -2.42. The molecule has 0 N–H and O–H groups in total. The van der Waals surface area contributed by atoms with Crippen LogP contribution in [0.3, 0.4) is 0 Å². The smallest absolute Gasteiger partial charge is 0.327 e. The SMILES string of the molecule is COC(=O)[C@H](c1ccc(Br)cc1)N1CCOCC1. The predicted molar refractivity (Wildman–Crippen MR) is 71.3 cm³/mol. The largest absolute Gasteiger partial charge is 0.468 e. The molecule has 1 fully saturated rings. The van der Waals surface area contributed by atoms with E-state index in [1.165, 1.54) is 7.11 Å². The molecule has 0 amide bonds. The molecular weight excluding hydrogens is 298 g/mol. The van der Waals surface area contributed by atoms with Crippen LogP contribution in [0.25, 0.3) is 0 Å². The van der Waals surface area contributed by atoms with Gasteiger partial charge >= 0.3 is 5.97 Å². The highest BCUT2D eigenvalue weighted by Gasteiger charge is 2.29. The molecular formula is C13H16BrNO3. The average molecular weight is 314 g/mol. The van der Waals surface area contributed by atoms with E-state index >= 15 is 0 Å². The molecule has 0 spiro atoms. The van der Waals surface area contributed by atoms with E-state index in [0.29, 0.717) is 13.2 Å². The summed E-state index contributed by atoms with van der Waals surface area (Å²) in [4.78, 5) is 14.1. The van der Waals surface area contributed by atoms with Crippen LogP contribution in [-0.2, 0) is 14.3 Å². The zero-order valence-electron chi connectivity index (χ0n) is 10.3. The van der Waals surface area contributed by atoms with E-state index in [-0.39, 0.29) is 12.0 Å². The maximum atomic E-state index is 12.0. The summed E-state index contributed by atoms with van der Waals surface area (Å²) < 4.78 is 11.2. The molecule has 0 unspecified atom stereocenters. The van der Waals surface area contributed by atoms with Gasteiger partial charge in [-0.15, -0.1) is 0 Å². The number of benzene rings is 1. The molecule has 0 aliphatic carbocycles. The van der Waals surface area contributed by atoms with E-state index in [4.69, 9.17) is 9.47 Å². The van der Waals surface area contributed by atoms with Gasteiger partial charge in [-0.2, -0.15) is 0 Å². The van der Waals surface area contributed by atoms with Gasteiger partial charge in [-0.25, -0.2) is 4.79 Å². The van der Waals surface area contributed by atoms with E-state index < -0.39 is 0 Å². The van der Waals surface area contributed by atoms with Crippen molar-refractivity contribution < 1.29 is 14.3 Å². The summed E-state index contributed by atoms with van der Waals surface area (Å²) in [5.74, 6) is -0.223. The highest BCUT2D eigenvalue weighted by atomic mass is 79.9. The summed E-state index contributed by atoms with van der Waals surface area (Å²) in [7, 11) is 1.43. The summed E-state index contributed by atoms with van der Waals surface area (Å²) in [6.07, 6.45) is 0. The fraction of sp³-hybridized carbons (Fsp3) is 0.462. The lowest BCUT2D eigenvalue weighted by atomic mass is 10.1. The Balaban J connectivity index is 2.23. The van der Waals surface area contributed by atoms with E-state index in [2.05, 4.69) is 20.8 Å². The second-order valence-corrected chi connectivity index (χ2v) is 5.04. The normalized spacial score (nSPS) is 18.3. The van der Waals surface area contributed by atoms with Crippen LogP contribution in [0.4, 0.5) is 0 Å². The van der Waals surface area contributed by atoms with Crippen molar-refractivity contribution in [3.63, 3.8) is 0 Å². The molecule has 1 aromatic rings. The topological polar surface area (TPSA) is 38.8 Å². The molecule has 1 heterocycles. The number of halogens is 1. The molecule has 1 aromatic carbocycles. The van der Waals surface area contributed by atoms with Gasteiger partial charge in [0, 0.05) is 17.6 Å². The van der Waals surface area contributed by atoms with E-state index in [0.717, 1.165) is 23.1 Å². The first kappa shape index (κ1) is 13.5. The number of carbonyl (C=O) groups excluding carboxylic acids is 1. The number of morpholine rings is 1. The zero-order valence-corrected chi connectivity index (χ0v) is 11.9. The van der Waals surface area contributed by atoms with Gasteiger partial charge in [-0.3, -0.25) is 4.90 Å². The summed E-state index contributed by atoms with van der Waals surface area (Å²) in [5.41, 5.74) is 0.951. The summed E-state index contributed by atoms with van der Waals surface area (Å²) in [6.45, 7) is 2.81. The summed E-state index contributed by atoms with van der Waals surface area (Å²) >= 11 is 3.39. The van der Waals surface area contributed by atoms with Crippen molar-refractivity contribution in [1.82, 2.24) is 4.90 Å². The fourth-order valence-electron chi connectivity index (χ4n) is 2.09. The number of ether oxygens (including phenoxy) is 2. The Labute approximate surface area is 115 Å². The van der Waals surface area contributed by atoms with Crippen LogP contribution >= 0.6 is 15.9 Å². The predicted octanol–water partition coefficient (Wildman–Crippen LogP) is 2.00. The Morgan fingerprint density at radius 1 is 1.33 bits per heavy atom. The van der Waals surface area contributed by atoms with E-state index in [1.807, 2.05) is 24.3 Å². The maximum Gasteiger partial charge on any atom is 0.327 e. The molecule has 4 nitrogen and oxygen atoms in total. The molecule has 1 aliphatic rings. The summed E-state index contributed by atoms with van der Waals surface area (Å²) in [5, 5.41) is 0. The fourth-order valence-corrected chi connectivity index (χ4v) is 2.35. The Bertz CT molecular complexity index is 401. The molecule has 2 rings (SSSR count). The van der Waals surface area contributed by atoms with Gasteiger partial charge in [-0.05, 0) is 17.7 Å². The Morgan fingerprint density at radius 3 is 2.50 bits per heavy atom. The first-order valence-corrected chi connectivity index (χ1v) is 6.67. The van der Waals surface area contributed by atoms with Crippen molar-refractivity contribution in [3.05, 3.63) is 34.3 Å². The Hall–Kier alpha value is -0.910. The molecule has 0 aromatic heterocycles. The van der Waals surface area contributed by atoms with Crippen LogP contribution in [0.1, 0.15) is 11.6 Å². The molecule has 18 heavy (non-hydrogen) atoms. The number of esters is 1. The monoisotopic (exact) mass is 313 g/mol. The third-order valence-electron chi connectivity index (χ3n) is 3.02. The van der Waals surface area contributed by atoms with Crippen molar-refractivity contribution in [2.75, 3.05) is 33.4 Å². The molecule has 5 heteroatoms. The van der Waals surface area contributed by atoms with Crippen LogP contribution < -0.4 is 0 Å². The first-order valence-electron chi connectivity index (χ1n) is 5.87. The molecule has 98 valence electrons. The van der Waals surface area contributed by atoms with Crippen molar-refractivity contribution in [1.29, 1.82) is 0 Å². The van der Waals surface area contributed by atoms with Gasteiger partial charge in [0.1, 0.15) is 6.04 Å². The molecule has 0 radical (unpaired) electrons. The van der Waals surface area contributed by atoms with Crippen LogP contribution in [0.5, 0.6) is 0 Å². The van der Waals surface area contributed by atoms with E-state index in [1.54, 1.807) is 0 Å². The number of methoxy groups -OCH3 is 1. The van der Waals surface area contributed by atoms with Gasteiger partial charge in [0.2, 0.25) is 0 Å². The minimum Gasteiger partial charge on any atom is -0.468 e. The first-order chi connectivity index (χ1) is 8.72. The van der Waals surface area contributed by atoms with Crippen LogP contribution in [0.15, 0.2) is 28.7 Å². The maximum absolute atomic E-state index is 12.0. The standard InChI is InChI=1S/C13H16BrNO3/c1-17-13(16)12(15-6-8-18-9-7-15)10-2-4-11(14)5-3-10/h2-5,12H,6-9H2,1H3/t12-/m0/s1. The Kier molecular flexibility index (Phi) is 4.74. The number of hydrogen-bond donors (Lipinski definition) is 0. The third kappa shape index (κ3) is 3.10. The highest BCUT2D eigenvalue weighted by Crippen LogP contribution is 2.24. The van der Waals surface area contributed by atoms with Crippen LogP contribution in [-0.4, -0.2) is 44.3 Å². The molecule has 1 atom stereocenters. The average Bonchev–Trinajstić information content (AvgIpc) is 2.42. The van der Waals surface area contributed by atoms with Crippen molar-refractivity contribution in [3.8, 4) is 0 Å². The van der Waals surface area contributed by atoms with Crippen molar-refractivity contribution in [2.45, 2.75) is 6.04 Å². The second kappa shape index (κ2) is 6.31. The molecule has 1 saturated heterocycles. The number of rotatable bonds is 3. The molecule has 1 aliphatic heterocycles. The summed E-state index contributed by atoms with van der Waals surface area (Å²) in [6, 6.07) is 7.42.